The summed E-state index contributed by atoms with van der Waals surface area (Å²) in [6.07, 6.45) is 3.98. The smallest absolute Gasteiger partial charge is 0.226 e. The maximum atomic E-state index is 13.4. The molecule has 0 N–H and O–H groups in total. The lowest BCUT2D eigenvalue weighted by atomic mass is 9.93. The van der Waals surface area contributed by atoms with Crippen LogP contribution in [0.25, 0.3) is 0 Å². The molecule has 1 saturated heterocycles. The number of hydrogen-bond acceptors (Lipinski definition) is 3. The summed E-state index contributed by atoms with van der Waals surface area (Å²) in [5.41, 5.74) is 1.13. The summed E-state index contributed by atoms with van der Waals surface area (Å²) in [6, 6.07) is 8.27. The van der Waals surface area contributed by atoms with E-state index < -0.39 is 0 Å². The van der Waals surface area contributed by atoms with Crippen molar-refractivity contribution in [2.24, 2.45) is 17.8 Å². The van der Waals surface area contributed by atoms with E-state index in [1.165, 1.54) is 12.8 Å². The van der Waals surface area contributed by atoms with Gasteiger partial charge in [0, 0.05) is 37.5 Å². The van der Waals surface area contributed by atoms with Gasteiger partial charge in [-0.3, -0.25) is 9.59 Å². The number of rotatable bonds is 7. The van der Waals surface area contributed by atoms with Crippen LogP contribution in [0.5, 0.6) is 5.75 Å². The van der Waals surface area contributed by atoms with E-state index in [9.17, 15) is 9.59 Å². The SMILES string of the molecule is COc1ccc(CN(C(=O)C2CCN(C(=O)C(C)C)CC2)C(C)C2CC2)cc1. The highest BCUT2D eigenvalue weighted by Gasteiger charge is 2.38. The van der Waals surface area contributed by atoms with Gasteiger partial charge in [-0.05, 0) is 56.2 Å². The van der Waals surface area contributed by atoms with E-state index in [4.69, 9.17) is 4.74 Å². The molecule has 1 aliphatic heterocycles. The molecule has 2 aliphatic rings. The Hall–Kier alpha value is -2.04. The molecule has 1 aromatic carbocycles. The first-order valence-corrected chi connectivity index (χ1v) is 10.6. The highest BCUT2D eigenvalue weighted by molar-refractivity contribution is 5.81. The number of likely N-dealkylation sites (tertiary alicyclic amines) is 1. The predicted molar refractivity (Wildman–Crippen MR) is 110 cm³/mol. The molecule has 2 amide bonds. The number of carbonyl (C=O) groups is 2. The highest BCUT2D eigenvalue weighted by atomic mass is 16.5. The lowest BCUT2D eigenvalue weighted by Gasteiger charge is -2.37. The summed E-state index contributed by atoms with van der Waals surface area (Å²) in [5, 5.41) is 0. The minimum atomic E-state index is 0.0220. The van der Waals surface area contributed by atoms with Gasteiger partial charge in [0.05, 0.1) is 7.11 Å². The first-order chi connectivity index (χ1) is 13.4. The van der Waals surface area contributed by atoms with Gasteiger partial charge in [-0.2, -0.15) is 0 Å². The lowest BCUT2D eigenvalue weighted by molar-refractivity contribution is -0.144. The highest BCUT2D eigenvalue weighted by Crippen LogP contribution is 2.37. The van der Waals surface area contributed by atoms with Gasteiger partial charge in [0.2, 0.25) is 11.8 Å². The van der Waals surface area contributed by atoms with Gasteiger partial charge in [0.25, 0.3) is 0 Å². The Labute approximate surface area is 169 Å². The number of hydrogen-bond donors (Lipinski definition) is 0. The molecule has 0 bridgehead atoms. The first-order valence-electron chi connectivity index (χ1n) is 10.6. The van der Waals surface area contributed by atoms with Crippen LogP contribution in [0, 0.1) is 17.8 Å². The van der Waals surface area contributed by atoms with Crippen LogP contribution in [0.15, 0.2) is 24.3 Å². The van der Waals surface area contributed by atoms with Gasteiger partial charge in [-0.1, -0.05) is 26.0 Å². The minimum Gasteiger partial charge on any atom is -0.497 e. The molecule has 28 heavy (non-hydrogen) atoms. The van der Waals surface area contributed by atoms with E-state index in [-0.39, 0.29) is 29.7 Å². The molecule has 0 spiro atoms. The van der Waals surface area contributed by atoms with Gasteiger partial charge in [-0.25, -0.2) is 0 Å². The molecule has 1 unspecified atom stereocenters. The van der Waals surface area contributed by atoms with Gasteiger partial charge >= 0.3 is 0 Å². The van der Waals surface area contributed by atoms with E-state index in [0.29, 0.717) is 25.6 Å². The Morgan fingerprint density at radius 3 is 2.18 bits per heavy atom. The molecule has 1 atom stereocenters. The molecule has 0 radical (unpaired) electrons. The van der Waals surface area contributed by atoms with E-state index in [0.717, 1.165) is 24.2 Å². The topological polar surface area (TPSA) is 49.9 Å². The van der Waals surface area contributed by atoms with Gasteiger partial charge in [-0.15, -0.1) is 0 Å². The first kappa shape index (κ1) is 20.7. The fourth-order valence-electron chi connectivity index (χ4n) is 4.13. The zero-order valence-corrected chi connectivity index (χ0v) is 17.7. The molecule has 2 fully saturated rings. The van der Waals surface area contributed by atoms with E-state index in [1.54, 1.807) is 7.11 Å². The fourth-order valence-corrected chi connectivity index (χ4v) is 4.13. The number of ether oxygens (including phenoxy) is 1. The van der Waals surface area contributed by atoms with Crippen molar-refractivity contribution in [1.29, 1.82) is 0 Å². The summed E-state index contributed by atoms with van der Waals surface area (Å²) in [5.74, 6) is 1.97. The number of benzene rings is 1. The summed E-state index contributed by atoms with van der Waals surface area (Å²) < 4.78 is 5.25. The zero-order chi connectivity index (χ0) is 20.3. The Morgan fingerprint density at radius 1 is 1.07 bits per heavy atom. The molecule has 5 heteroatoms. The fraction of sp³-hybridized carbons (Fsp3) is 0.652. The number of amides is 2. The standard InChI is InChI=1S/C23H34N2O3/c1-16(2)22(26)24-13-11-20(12-14-24)23(27)25(17(3)19-7-8-19)15-18-5-9-21(28-4)10-6-18/h5-6,9-10,16-17,19-20H,7-8,11-15H2,1-4H3. The van der Waals surface area contributed by atoms with Crippen molar-refractivity contribution in [3.05, 3.63) is 29.8 Å². The second kappa shape index (κ2) is 8.97. The molecule has 5 nitrogen and oxygen atoms in total. The van der Waals surface area contributed by atoms with Crippen LogP contribution in [0.4, 0.5) is 0 Å². The van der Waals surface area contributed by atoms with Gasteiger partial charge < -0.3 is 14.5 Å². The third-order valence-electron chi connectivity index (χ3n) is 6.24. The Balaban J connectivity index is 1.66. The third-order valence-corrected chi connectivity index (χ3v) is 6.24. The van der Waals surface area contributed by atoms with E-state index in [1.807, 2.05) is 43.0 Å². The van der Waals surface area contributed by atoms with Gasteiger partial charge in [0.15, 0.2) is 0 Å². The van der Waals surface area contributed by atoms with Crippen LogP contribution in [-0.4, -0.2) is 47.9 Å². The Morgan fingerprint density at radius 2 is 1.68 bits per heavy atom. The Kier molecular flexibility index (Phi) is 6.63. The van der Waals surface area contributed by atoms with Crippen LogP contribution in [0.1, 0.15) is 52.0 Å². The van der Waals surface area contributed by atoms with Crippen molar-refractivity contribution in [1.82, 2.24) is 9.80 Å². The van der Waals surface area contributed by atoms with Crippen molar-refractivity contribution in [2.45, 2.75) is 59.0 Å². The van der Waals surface area contributed by atoms with Crippen LogP contribution in [0.3, 0.4) is 0 Å². The second-order valence-electron chi connectivity index (χ2n) is 8.65. The average Bonchev–Trinajstić information content (AvgIpc) is 3.56. The summed E-state index contributed by atoms with van der Waals surface area (Å²) in [6.45, 7) is 8.10. The molecule has 154 valence electrons. The van der Waals surface area contributed by atoms with Crippen LogP contribution in [0.2, 0.25) is 0 Å². The summed E-state index contributed by atoms with van der Waals surface area (Å²) >= 11 is 0. The molecule has 1 heterocycles. The van der Waals surface area contributed by atoms with Crippen molar-refractivity contribution in [3.63, 3.8) is 0 Å². The normalized spacial score (nSPS) is 18.8. The lowest BCUT2D eigenvalue weighted by Crippen LogP contribution is -2.47. The molecule has 1 aromatic rings. The molecule has 1 aliphatic carbocycles. The zero-order valence-electron chi connectivity index (χ0n) is 17.7. The third kappa shape index (κ3) is 4.86. The summed E-state index contributed by atoms with van der Waals surface area (Å²) in [4.78, 5) is 29.6. The van der Waals surface area contributed by atoms with E-state index >= 15 is 0 Å². The molecule has 3 rings (SSSR count). The predicted octanol–water partition coefficient (Wildman–Crippen LogP) is 3.72. The van der Waals surface area contributed by atoms with Crippen molar-refractivity contribution in [3.8, 4) is 5.75 Å². The quantitative estimate of drug-likeness (QED) is 0.718. The van der Waals surface area contributed by atoms with Crippen LogP contribution >= 0.6 is 0 Å². The average molecular weight is 387 g/mol. The van der Waals surface area contributed by atoms with Crippen molar-refractivity contribution < 1.29 is 14.3 Å². The maximum absolute atomic E-state index is 13.4. The largest absolute Gasteiger partial charge is 0.497 e. The van der Waals surface area contributed by atoms with Crippen molar-refractivity contribution in [2.75, 3.05) is 20.2 Å². The Bertz CT molecular complexity index is 674. The number of nitrogens with zero attached hydrogens (tertiary/aromatic N) is 2. The van der Waals surface area contributed by atoms with Gasteiger partial charge in [0.1, 0.15) is 5.75 Å². The molecule has 1 saturated carbocycles. The second-order valence-corrected chi connectivity index (χ2v) is 8.65. The summed E-state index contributed by atoms with van der Waals surface area (Å²) in [7, 11) is 1.66. The van der Waals surface area contributed by atoms with Crippen LogP contribution < -0.4 is 4.74 Å². The minimum absolute atomic E-state index is 0.0220. The van der Waals surface area contributed by atoms with Crippen LogP contribution in [-0.2, 0) is 16.1 Å². The monoisotopic (exact) mass is 386 g/mol. The van der Waals surface area contributed by atoms with E-state index in [2.05, 4.69) is 11.8 Å². The number of methoxy groups -OCH3 is 1. The number of piperidine rings is 1. The molecular formula is C23H34N2O3. The number of carbonyl (C=O) groups excluding carboxylic acids is 2. The molecular weight excluding hydrogens is 352 g/mol. The maximum Gasteiger partial charge on any atom is 0.226 e. The molecule has 0 aromatic heterocycles. The van der Waals surface area contributed by atoms with Crippen molar-refractivity contribution >= 4 is 11.8 Å².